The van der Waals surface area contributed by atoms with Crippen LogP contribution in [0, 0.1) is 0 Å². The average molecular weight is 216 g/mol. The van der Waals surface area contributed by atoms with Gasteiger partial charge in [-0.15, -0.1) is 0 Å². The van der Waals surface area contributed by atoms with Gasteiger partial charge in [0.1, 0.15) is 0 Å². The van der Waals surface area contributed by atoms with Crippen LogP contribution >= 0.6 is 11.8 Å². The van der Waals surface area contributed by atoms with E-state index in [0.29, 0.717) is 13.0 Å². The molecular formula is C8H12N2O3S. The fraction of sp³-hybridized carbons (Fsp3) is 0.750. The monoisotopic (exact) mass is 216 g/mol. The summed E-state index contributed by atoms with van der Waals surface area (Å²) in [7, 11) is 0. The van der Waals surface area contributed by atoms with Crippen LogP contribution in [0.4, 0.5) is 4.79 Å². The van der Waals surface area contributed by atoms with Crippen LogP contribution in [-0.2, 0) is 4.79 Å². The first-order valence-corrected chi connectivity index (χ1v) is 5.56. The van der Waals surface area contributed by atoms with E-state index in [4.69, 9.17) is 0 Å². The Bertz CT molecular complexity index is 255. The molecule has 2 aliphatic rings. The van der Waals surface area contributed by atoms with E-state index in [9.17, 15) is 14.7 Å². The number of thioether (sulfide) groups is 1. The SMILES string of the molecule is O=C1CSC(=O)N1[C@@H]1CNCC[C@H]1O. The van der Waals surface area contributed by atoms with Gasteiger partial charge in [-0.25, -0.2) is 0 Å². The number of piperidine rings is 1. The van der Waals surface area contributed by atoms with Crippen molar-refractivity contribution in [2.75, 3.05) is 18.8 Å². The van der Waals surface area contributed by atoms with Crippen LogP contribution in [0.3, 0.4) is 0 Å². The number of imide groups is 1. The largest absolute Gasteiger partial charge is 0.391 e. The molecular weight excluding hydrogens is 204 g/mol. The highest BCUT2D eigenvalue weighted by Crippen LogP contribution is 2.24. The standard InChI is InChI=1S/C8H12N2O3S/c11-6-1-2-9-3-5(6)10-7(12)4-14-8(10)13/h5-6,9,11H,1-4H2/t5-,6-/m1/s1. The number of nitrogens with one attached hydrogen (secondary N) is 1. The van der Waals surface area contributed by atoms with E-state index in [2.05, 4.69) is 5.32 Å². The van der Waals surface area contributed by atoms with Crippen molar-refractivity contribution in [1.82, 2.24) is 10.2 Å². The molecule has 0 aromatic carbocycles. The topological polar surface area (TPSA) is 69.6 Å². The summed E-state index contributed by atoms with van der Waals surface area (Å²) in [5, 5.41) is 12.5. The minimum Gasteiger partial charge on any atom is -0.391 e. The Kier molecular flexibility index (Phi) is 2.76. The molecule has 2 rings (SSSR count). The average Bonchev–Trinajstić information content (AvgIpc) is 2.48. The molecule has 78 valence electrons. The van der Waals surface area contributed by atoms with E-state index in [-0.39, 0.29) is 22.9 Å². The number of hydrogen-bond donors (Lipinski definition) is 2. The van der Waals surface area contributed by atoms with E-state index in [1.165, 1.54) is 4.90 Å². The highest BCUT2D eigenvalue weighted by molar-refractivity contribution is 8.14. The smallest absolute Gasteiger partial charge is 0.289 e. The molecule has 0 unspecified atom stereocenters. The molecule has 0 spiro atoms. The molecule has 0 aliphatic carbocycles. The Morgan fingerprint density at radius 1 is 1.50 bits per heavy atom. The maximum absolute atomic E-state index is 11.4. The van der Waals surface area contributed by atoms with Crippen molar-refractivity contribution in [3.05, 3.63) is 0 Å². The third-order valence-electron chi connectivity index (χ3n) is 2.53. The van der Waals surface area contributed by atoms with Crippen molar-refractivity contribution in [3.63, 3.8) is 0 Å². The van der Waals surface area contributed by atoms with E-state index in [0.717, 1.165) is 18.3 Å². The summed E-state index contributed by atoms with van der Waals surface area (Å²) in [5.41, 5.74) is 0. The van der Waals surface area contributed by atoms with Crippen molar-refractivity contribution < 1.29 is 14.7 Å². The second kappa shape index (κ2) is 3.88. The Balaban J connectivity index is 2.12. The number of carbonyl (C=O) groups excluding carboxylic acids is 2. The minimum atomic E-state index is -0.581. The van der Waals surface area contributed by atoms with Gasteiger partial charge in [0, 0.05) is 6.54 Å². The molecule has 0 radical (unpaired) electrons. The lowest BCUT2D eigenvalue weighted by Gasteiger charge is -2.33. The number of nitrogens with zero attached hydrogens (tertiary/aromatic N) is 1. The molecule has 0 aromatic heterocycles. The van der Waals surface area contributed by atoms with Crippen molar-refractivity contribution in [2.45, 2.75) is 18.6 Å². The molecule has 2 heterocycles. The van der Waals surface area contributed by atoms with Gasteiger partial charge in [0.25, 0.3) is 5.24 Å². The van der Waals surface area contributed by atoms with Crippen molar-refractivity contribution >= 4 is 22.9 Å². The molecule has 6 heteroatoms. The summed E-state index contributed by atoms with van der Waals surface area (Å²) in [6.45, 7) is 1.24. The molecule has 0 saturated carbocycles. The third-order valence-corrected chi connectivity index (χ3v) is 3.37. The Morgan fingerprint density at radius 2 is 2.29 bits per heavy atom. The highest BCUT2D eigenvalue weighted by Gasteiger charge is 2.39. The Morgan fingerprint density at radius 3 is 2.86 bits per heavy atom. The van der Waals surface area contributed by atoms with Gasteiger partial charge in [0.15, 0.2) is 0 Å². The predicted octanol–water partition coefficient (Wildman–Crippen LogP) is -0.595. The van der Waals surface area contributed by atoms with Gasteiger partial charge >= 0.3 is 0 Å². The normalized spacial score (nSPS) is 33.9. The van der Waals surface area contributed by atoms with Gasteiger partial charge < -0.3 is 10.4 Å². The maximum atomic E-state index is 11.4. The van der Waals surface area contributed by atoms with E-state index in [1.807, 2.05) is 0 Å². The number of aliphatic hydroxyl groups is 1. The van der Waals surface area contributed by atoms with Crippen LogP contribution in [0.1, 0.15) is 6.42 Å². The molecule has 0 bridgehead atoms. The third kappa shape index (κ3) is 1.65. The lowest BCUT2D eigenvalue weighted by Crippen LogP contribution is -2.55. The quantitative estimate of drug-likeness (QED) is 0.613. The summed E-state index contributed by atoms with van der Waals surface area (Å²) in [6.07, 6.45) is 0.00898. The van der Waals surface area contributed by atoms with Crippen molar-refractivity contribution in [2.24, 2.45) is 0 Å². The number of hydrogen-bond acceptors (Lipinski definition) is 5. The van der Waals surface area contributed by atoms with Crippen molar-refractivity contribution in [3.8, 4) is 0 Å². The molecule has 2 N–H and O–H groups in total. The van der Waals surface area contributed by atoms with Crippen LogP contribution in [-0.4, -0.2) is 52.1 Å². The highest BCUT2D eigenvalue weighted by atomic mass is 32.2. The number of amides is 2. The van der Waals surface area contributed by atoms with Gasteiger partial charge in [-0.3, -0.25) is 14.5 Å². The lowest BCUT2D eigenvalue weighted by molar-refractivity contribution is -0.128. The van der Waals surface area contributed by atoms with Crippen LogP contribution in [0.15, 0.2) is 0 Å². The first kappa shape index (κ1) is 9.95. The zero-order chi connectivity index (χ0) is 10.1. The lowest BCUT2D eigenvalue weighted by atomic mass is 10.0. The van der Waals surface area contributed by atoms with Crippen LogP contribution in [0.25, 0.3) is 0 Å². The minimum absolute atomic E-state index is 0.187. The van der Waals surface area contributed by atoms with E-state index < -0.39 is 6.10 Å². The second-order valence-corrected chi connectivity index (χ2v) is 4.37. The molecule has 0 aromatic rings. The second-order valence-electron chi connectivity index (χ2n) is 3.45. The number of carbonyl (C=O) groups is 2. The predicted molar refractivity (Wildman–Crippen MR) is 52.0 cm³/mol. The van der Waals surface area contributed by atoms with E-state index >= 15 is 0 Å². The summed E-state index contributed by atoms with van der Waals surface area (Å²) in [4.78, 5) is 23.9. The van der Waals surface area contributed by atoms with Gasteiger partial charge in [0.05, 0.1) is 17.9 Å². The van der Waals surface area contributed by atoms with Crippen molar-refractivity contribution in [1.29, 1.82) is 0 Å². The molecule has 2 amide bonds. The molecule has 2 saturated heterocycles. The van der Waals surface area contributed by atoms with Crippen LogP contribution in [0.2, 0.25) is 0 Å². The number of aliphatic hydroxyl groups excluding tert-OH is 1. The maximum Gasteiger partial charge on any atom is 0.289 e. The zero-order valence-electron chi connectivity index (χ0n) is 7.60. The first-order valence-electron chi connectivity index (χ1n) is 4.58. The van der Waals surface area contributed by atoms with Crippen LogP contribution < -0.4 is 5.32 Å². The fourth-order valence-electron chi connectivity index (χ4n) is 1.78. The summed E-state index contributed by atoms with van der Waals surface area (Å²) in [5.74, 6) is 0.0231. The summed E-state index contributed by atoms with van der Waals surface area (Å²) in [6, 6.07) is -0.376. The fourth-order valence-corrected chi connectivity index (χ4v) is 2.54. The van der Waals surface area contributed by atoms with Gasteiger partial charge in [0.2, 0.25) is 5.91 Å². The zero-order valence-corrected chi connectivity index (χ0v) is 8.42. The summed E-state index contributed by atoms with van der Waals surface area (Å²) < 4.78 is 0. The summed E-state index contributed by atoms with van der Waals surface area (Å²) >= 11 is 1.01. The Labute approximate surface area is 85.8 Å². The van der Waals surface area contributed by atoms with Gasteiger partial charge in [-0.2, -0.15) is 0 Å². The van der Waals surface area contributed by atoms with Gasteiger partial charge in [-0.1, -0.05) is 11.8 Å². The molecule has 14 heavy (non-hydrogen) atoms. The van der Waals surface area contributed by atoms with E-state index in [1.54, 1.807) is 0 Å². The molecule has 2 atom stereocenters. The Hall–Kier alpha value is -0.590. The van der Waals surface area contributed by atoms with Crippen LogP contribution in [0.5, 0.6) is 0 Å². The molecule has 2 aliphatic heterocycles. The molecule has 5 nitrogen and oxygen atoms in total. The van der Waals surface area contributed by atoms with Gasteiger partial charge in [-0.05, 0) is 13.0 Å². The number of rotatable bonds is 1. The molecule has 2 fully saturated rings. The first-order chi connectivity index (χ1) is 6.70.